The molecular weight excluding hydrogens is 318 g/mol. The van der Waals surface area contributed by atoms with Crippen molar-refractivity contribution in [3.63, 3.8) is 0 Å². The predicted octanol–water partition coefficient (Wildman–Crippen LogP) is 2.86. The molecule has 3 aromatic rings. The van der Waals surface area contributed by atoms with Gasteiger partial charge in [-0.25, -0.2) is 4.98 Å². The molecule has 0 fully saturated rings. The van der Waals surface area contributed by atoms with Crippen molar-refractivity contribution in [1.82, 2.24) is 20.2 Å². The Hall–Kier alpha value is -2.60. The van der Waals surface area contributed by atoms with Crippen LogP contribution in [0.15, 0.2) is 64.8 Å². The smallest absolute Gasteiger partial charge is 0.191 e. The van der Waals surface area contributed by atoms with E-state index < -0.39 is 0 Å². The van der Waals surface area contributed by atoms with Gasteiger partial charge in [-0.15, -0.1) is 0 Å². The van der Waals surface area contributed by atoms with Crippen LogP contribution in [0.2, 0.25) is 0 Å². The predicted molar refractivity (Wildman–Crippen MR) is 99.1 cm³/mol. The molecule has 2 heterocycles. The summed E-state index contributed by atoms with van der Waals surface area (Å²) in [6.45, 7) is 2.37. The average molecular weight is 339 g/mol. The van der Waals surface area contributed by atoms with E-state index in [2.05, 4.69) is 66.3 Å². The first-order valence-corrected chi connectivity index (χ1v) is 8.77. The first kappa shape index (κ1) is 16.3. The van der Waals surface area contributed by atoms with Gasteiger partial charge in [0.25, 0.3) is 0 Å². The van der Waals surface area contributed by atoms with Crippen LogP contribution in [0.3, 0.4) is 0 Å². The van der Waals surface area contributed by atoms with Crippen LogP contribution in [0.4, 0.5) is 0 Å². The Morgan fingerprint density at radius 1 is 1.08 bits per heavy atom. The maximum absolute atomic E-state index is 4.26. The summed E-state index contributed by atoms with van der Waals surface area (Å²) in [5, 5.41) is 10.9. The van der Waals surface area contributed by atoms with Crippen molar-refractivity contribution >= 4 is 17.3 Å². The summed E-state index contributed by atoms with van der Waals surface area (Å²) in [5.41, 5.74) is 3.76. The summed E-state index contributed by atoms with van der Waals surface area (Å²) >= 11 is 1.71. The van der Waals surface area contributed by atoms with Gasteiger partial charge in [-0.05, 0) is 33.5 Å². The first-order valence-electron chi connectivity index (χ1n) is 7.82. The van der Waals surface area contributed by atoms with Gasteiger partial charge in [-0.2, -0.15) is 11.3 Å². The number of rotatable bonds is 6. The topological polar surface area (TPSA) is 54.2 Å². The Labute approximate surface area is 146 Å². The second-order valence-corrected chi connectivity index (χ2v) is 6.24. The summed E-state index contributed by atoms with van der Waals surface area (Å²) in [4.78, 5) is 8.32. The van der Waals surface area contributed by atoms with Crippen molar-refractivity contribution in [3.8, 4) is 0 Å². The minimum Gasteiger partial charge on any atom is -0.352 e. The molecule has 0 unspecified atom stereocenters. The molecule has 3 rings (SSSR count). The Bertz CT molecular complexity index is 745. The Morgan fingerprint density at radius 2 is 1.83 bits per heavy atom. The molecule has 2 aromatic heterocycles. The van der Waals surface area contributed by atoms with E-state index in [-0.39, 0.29) is 0 Å². The molecule has 2 N–H and O–H groups in total. The van der Waals surface area contributed by atoms with Crippen LogP contribution in [0.5, 0.6) is 0 Å². The van der Waals surface area contributed by atoms with E-state index in [9.17, 15) is 0 Å². The monoisotopic (exact) mass is 339 g/mol. The van der Waals surface area contributed by atoms with Gasteiger partial charge in [0, 0.05) is 39.1 Å². The van der Waals surface area contributed by atoms with E-state index in [0.717, 1.165) is 25.6 Å². The van der Waals surface area contributed by atoms with Gasteiger partial charge in [-0.1, -0.05) is 24.3 Å². The zero-order chi connectivity index (χ0) is 16.6. The molecule has 0 spiro atoms. The summed E-state index contributed by atoms with van der Waals surface area (Å²) in [5.74, 6) is 0.809. The Kier molecular flexibility index (Phi) is 5.63. The van der Waals surface area contributed by atoms with Crippen molar-refractivity contribution in [2.75, 3.05) is 7.05 Å². The molecular formula is C18H21N5S. The van der Waals surface area contributed by atoms with E-state index in [1.54, 1.807) is 24.6 Å². The fourth-order valence-electron chi connectivity index (χ4n) is 2.34. The van der Waals surface area contributed by atoms with Crippen molar-refractivity contribution in [2.24, 2.45) is 4.99 Å². The largest absolute Gasteiger partial charge is 0.352 e. The minimum atomic E-state index is 0.745. The number of hydrogen-bond acceptors (Lipinski definition) is 3. The fourth-order valence-corrected chi connectivity index (χ4v) is 3.01. The van der Waals surface area contributed by atoms with Gasteiger partial charge in [0.05, 0.1) is 6.33 Å². The molecule has 0 aliphatic rings. The van der Waals surface area contributed by atoms with E-state index in [1.165, 1.54) is 16.7 Å². The zero-order valence-corrected chi connectivity index (χ0v) is 14.5. The van der Waals surface area contributed by atoms with Crippen LogP contribution in [0.25, 0.3) is 0 Å². The molecule has 0 atom stereocenters. The minimum absolute atomic E-state index is 0.745. The molecule has 0 amide bonds. The van der Waals surface area contributed by atoms with Crippen LogP contribution < -0.4 is 10.6 Å². The summed E-state index contributed by atoms with van der Waals surface area (Å²) in [7, 11) is 1.79. The van der Waals surface area contributed by atoms with E-state index in [1.807, 2.05) is 12.5 Å². The normalized spacial score (nSPS) is 11.5. The molecule has 0 saturated carbocycles. The SMILES string of the molecule is CN=C(NCc1ccc(Cn2ccnc2)cc1)NCc1ccsc1. The molecule has 0 bridgehead atoms. The number of aromatic nitrogens is 2. The van der Waals surface area contributed by atoms with Gasteiger partial charge in [0.15, 0.2) is 5.96 Å². The fraction of sp³-hybridized carbons (Fsp3) is 0.222. The lowest BCUT2D eigenvalue weighted by molar-refractivity contribution is 0.792. The van der Waals surface area contributed by atoms with E-state index in [0.29, 0.717) is 0 Å². The second-order valence-electron chi connectivity index (χ2n) is 5.46. The van der Waals surface area contributed by atoms with Gasteiger partial charge in [0.1, 0.15) is 0 Å². The molecule has 0 aliphatic heterocycles. The van der Waals surface area contributed by atoms with E-state index >= 15 is 0 Å². The summed E-state index contributed by atoms with van der Waals surface area (Å²) in [6.07, 6.45) is 5.60. The molecule has 124 valence electrons. The second kappa shape index (κ2) is 8.31. The number of guanidine groups is 1. The Balaban J connectivity index is 1.48. The van der Waals surface area contributed by atoms with Crippen LogP contribution in [0, 0.1) is 0 Å². The lowest BCUT2D eigenvalue weighted by atomic mass is 10.1. The quantitative estimate of drug-likeness (QED) is 0.536. The van der Waals surface area contributed by atoms with E-state index in [4.69, 9.17) is 0 Å². The highest BCUT2D eigenvalue weighted by molar-refractivity contribution is 7.07. The van der Waals surface area contributed by atoms with Crippen LogP contribution >= 0.6 is 11.3 Å². The van der Waals surface area contributed by atoms with Crippen molar-refractivity contribution < 1.29 is 0 Å². The van der Waals surface area contributed by atoms with Crippen molar-refractivity contribution in [2.45, 2.75) is 19.6 Å². The van der Waals surface area contributed by atoms with Gasteiger partial charge >= 0.3 is 0 Å². The number of nitrogens with one attached hydrogen (secondary N) is 2. The zero-order valence-electron chi connectivity index (χ0n) is 13.6. The molecule has 6 heteroatoms. The van der Waals surface area contributed by atoms with Crippen LogP contribution in [-0.4, -0.2) is 22.6 Å². The Morgan fingerprint density at radius 3 is 2.46 bits per heavy atom. The standard InChI is InChI=1S/C18H21N5S/c1-19-18(22-11-17-6-9-24-13-17)21-10-15-2-4-16(5-3-15)12-23-8-7-20-14-23/h2-9,13-14H,10-12H2,1H3,(H2,19,21,22). The van der Waals surface area contributed by atoms with Gasteiger partial charge in [0.2, 0.25) is 0 Å². The average Bonchev–Trinajstić information content (AvgIpc) is 3.30. The number of hydrogen-bond donors (Lipinski definition) is 2. The number of aliphatic imine (C=N–C) groups is 1. The third-order valence-corrected chi connectivity index (χ3v) is 4.40. The number of imidazole rings is 1. The highest BCUT2D eigenvalue weighted by Crippen LogP contribution is 2.07. The third kappa shape index (κ3) is 4.70. The van der Waals surface area contributed by atoms with Crippen molar-refractivity contribution in [1.29, 1.82) is 0 Å². The number of thiophene rings is 1. The van der Waals surface area contributed by atoms with Crippen molar-refractivity contribution in [3.05, 3.63) is 76.5 Å². The molecule has 0 aliphatic carbocycles. The molecule has 0 radical (unpaired) electrons. The maximum atomic E-state index is 4.26. The highest BCUT2D eigenvalue weighted by atomic mass is 32.1. The van der Waals surface area contributed by atoms with Gasteiger partial charge < -0.3 is 15.2 Å². The van der Waals surface area contributed by atoms with Gasteiger partial charge in [-0.3, -0.25) is 4.99 Å². The molecule has 1 aromatic carbocycles. The van der Waals surface area contributed by atoms with Crippen LogP contribution in [0.1, 0.15) is 16.7 Å². The summed E-state index contributed by atoms with van der Waals surface area (Å²) < 4.78 is 2.06. The lowest BCUT2D eigenvalue weighted by Gasteiger charge is -2.12. The first-order chi connectivity index (χ1) is 11.8. The van der Waals surface area contributed by atoms with Crippen LogP contribution in [-0.2, 0) is 19.6 Å². The maximum Gasteiger partial charge on any atom is 0.191 e. The number of nitrogens with zero attached hydrogens (tertiary/aromatic N) is 3. The molecule has 0 saturated heterocycles. The molecule has 24 heavy (non-hydrogen) atoms. The molecule has 5 nitrogen and oxygen atoms in total. The highest BCUT2D eigenvalue weighted by Gasteiger charge is 2.00. The lowest BCUT2D eigenvalue weighted by Crippen LogP contribution is -2.36. The number of benzene rings is 1. The third-order valence-electron chi connectivity index (χ3n) is 3.67. The summed E-state index contributed by atoms with van der Waals surface area (Å²) in [6, 6.07) is 10.7.